The molecular weight excluding hydrogens is 370 g/mol. The van der Waals surface area contributed by atoms with Crippen LogP contribution in [0.15, 0.2) is 21.1 Å². The van der Waals surface area contributed by atoms with Crippen LogP contribution in [0.4, 0.5) is 0 Å². The maximum atomic E-state index is 5.84. The quantitative estimate of drug-likeness (QED) is 0.607. The number of nitrogens with one attached hydrogen (secondary N) is 1. The fraction of sp³-hybridized carbons (Fsp3) is 0.600. The third-order valence-corrected chi connectivity index (χ3v) is 3.94. The molecule has 0 aliphatic rings. The molecule has 2 nitrogen and oxygen atoms in total. The van der Waals surface area contributed by atoms with Gasteiger partial charge in [-0.3, -0.25) is 0 Å². The summed E-state index contributed by atoms with van der Waals surface area (Å²) in [6, 6.07) is 4.73. The van der Waals surface area contributed by atoms with Crippen molar-refractivity contribution in [1.29, 1.82) is 0 Å². The molecule has 19 heavy (non-hydrogen) atoms. The van der Waals surface area contributed by atoms with Crippen LogP contribution in [-0.4, -0.2) is 12.6 Å². The van der Waals surface area contributed by atoms with E-state index in [0.717, 1.165) is 34.3 Å². The van der Waals surface area contributed by atoms with Crippen LogP contribution in [-0.2, 0) is 6.54 Å². The smallest absolute Gasteiger partial charge is 0.147 e. The zero-order valence-electron chi connectivity index (χ0n) is 11.9. The Balaban J connectivity index is 2.63. The van der Waals surface area contributed by atoms with Gasteiger partial charge in [-0.15, -0.1) is 0 Å². The van der Waals surface area contributed by atoms with E-state index in [4.69, 9.17) is 4.74 Å². The van der Waals surface area contributed by atoms with Gasteiger partial charge in [0.1, 0.15) is 5.75 Å². The van der Waals surface area contributed by atoms with Gasteiger partial charge in [-0.05, 0) is 56.0 Å². The molecule has 4 heteroatoms. The van der Waals surface area contributed by atoms with Crippen LogP contribution in [0, 0.1) is 0 Å². The molecule has 0 heterocycles. The van der Waals surface area contributed by atoms with Crippen LogP contribution in [0.2, 0.25) is 0 Å². The topological polar surface area (TPSA) is 21.3 Å². The number of benzene rings is 1. The van der Waals surface area contributed by atoms with Gasteiger partial charge in [0, 0.05) is 12.6 Å². The molecule has 0 aliphatic carbocycles. The van der Waals surface area contributed by atoms with E-state index in [2.05, 4.69) is 70.1 Å². The molecule has 1 N–H and O–H groups in total. The average molecular weight is 393 g/mol. The van der Waals surface area contributed by atoms with Crippen molar-refractivity contribution in [3.63, 3.8) is 0 Å². The molecule has 0 radical (unpaired) electrons. The fourth-order valence-corrected chi connectivity index (χ4v) is 3.21. The molecule has 0 amide bonds. The van der Waals surface area contributed by atoms with E-state index in [9.17, 15) is 0 Å². The van der Waals surface area contributed by atoms with E-state index in [1.54, 1.807) is 0 Å². The standard InChI is InChI=1S/C15H23Br2NO/c1-4-5-6-7-19-15-13(16)8-12(9-14(15)17)10-18-11(2)3/h8-9,11,18H,4-7,10H2,1-3H3. The summed E-state index contributed by atoms with van der Waals surface area (Å²) >= 11 is 7.18. The van der Waals surface area contributed by atoms with Gasteiger partial charge in [0.15, 0.2) is 0 Å². The highest BCUT2D eigenvalue weighted by molar-refractivity contribution is 9.11. The predicted octanol–water partition coefficient (Wildman–Crippen LogP) is 5.28. The summed E-state index contributed by atoms with van der Waals surface area (Å²) in [6.07, 6.45) is 3.53. The molecule has 1 rings (SSSR count). The van der Waals surface area contributed by atoms with Gasteiger partial charge in [-0.1, -0.05) is 33.6 Å². The van der Waals surface area contributed by atoms with Gasteiger partial charge in [0.25, 0.3) is 0 Å². The van der Waals surface area contributed by atoms with Gasteiger partial charge in [0.05, 0.1) is 15.6 Å². The Hall–Kier alpha value is -0.0600. The highest BCUT2D eigenvalue weighted by atomic mass is 79.9. The van der Waals surface area contributed by atoms with Crippen LogP contribution in [0.3, 0.4) is 0 Å². The average Bonchev–Trinajstić information content (AvgIpc) is 2.34. The minimum absolute atomic E-state index is 0.488. The van der Waals surface area contributed by atoms with E-state index in [1.807, 2.05) is 0 Å². The second-order valence-electron chi connectivity index (χ2n) is 4.98. The molecule has 108 valence electrons. The second-order valence-corrected chi connectivity index (χ2v) is 6.69. The number of unbranched alkanes of at least 4 members (excludes halogenated alkanes) is 2. The molecule has 0 spiro atoms. The molecule has 0 bridgehead atoms. The van der Waals surface area contributed by atoms with Crippen molar-refractivity contribution in [2.45, 2.75) is 52.6 Å². The normalized spacial score (nSPS) is 11.1. The Bertz CT molecular complexity index is 371. The van der Waals surface area contributed by atoms with Crippen LogP contribution < -0.4 is 10.1 Å². The highest BCUT2D eigenvalue weighted by Gasteiger charge is 2.09. The zero-order chi connectivity index (χ0) is 14.3. The Kier molecular flexibility index (Phi) is 8.03. The van der Waals surface area contributed by atoms with E-state index >= 15 is 0 Å². The molecule has 1 aromatic rings. The minimum Gasteiger partial charge on any atom is -0.491 e. The van der Waals surface area contributed by atoms with Crippen LogP contribution in [0.25, 0.3) is 0 Å². The zero-order valence-corrected chi connectivity index (χ0v) is 15.1. The van der Waals surface area contributed by atoms with Crippen molar-refractivity contribution < 1.29 is 4.74 Å². The van der Waals surface area contributed by atoms with Crippen molar-refractivity contribution >= 4 is 31.9 Å². The molecule has 0 aromatic heterocycles. The maximum Gasteiger partial charge on any atom is 0.147 e. The maximum absolute atomic E-state index is 5.84. The van der Waals surface area contributed by atoms with E-state index in [-0.39, 0.29) is 0 Å². The Morgan fingerprint density at radius 2 is 1.79 bits per heavy atom. The van der Waals surface area contributed by atoms with Crippen molar-refractivity contribution in [3.8, 4) is 5.75 Å². The van der Waals surface area contributed by atoms with E-state index < -0.39 is 0 Å². The Morgan fingerprint density at radius 1 is 1.16 bits per heavy atom. The lowest BCUT2D eigenvalue weighted by atomic mass is 10.2. The Morgan fingerprint density at radius 3 is 2.32 bits per heavy atom. The lowest BCUT2D eigenvalue weighted by Gasteiger charge is -2.13. The summed E-state index contributed by atoms with van der Waals surface area (Å²) in [6.45, 7) is 8.13. The van der Waals surface area contributed by atoms with Gasteiger partial charge >= 0.3 is 0 Å². The van der Waals surface area contributed by atoms with Gasteiger partial charge < -0.3 is 10.1 Å². The number of halogens is 2. The first-order chi connectivity index (χ1) is 9.04. The van der Waals surface area contributed by atoms with Crippen LogP contribution in [0.5, 0.6) is 5.75 Å². The summed E-state index contributed by atoms with van der Waals surface area (Å²) in [5.41, 5.74) is 1.24. The first kappa shape index (κ1) is 17.0. The van der Waals surface area contributed by atoms with Crippen LogP contribution >= 0.6 is 31.9 Å². The van der Waals surface area contributed by atoms with E-state index in [0.29, 0.717) is 6.04 Å². The molecular formula is C15H23Br2NO. The molecule has 0 aliphatic heterocycles. The minimum atomic E-state index is 0.488. The van der Waals surface area contributed by atoms with Crippen molar-refractivity contribution in [3.05, 3.63) is 26.6 Å². The van der Waals surface area contributed by atoms with Gasteiger partial charge in [-0.25, -0.2) is 0 Å². The lowest BCUT2D eigenvalue weighted by Crippen LogP contribution is -2.21. The summed E-state index contributed by atoms with van der Waals surface area (Å²) < 4.78 is 7.86. The van der Waals surface area contributed by atoms with Crippen molar-refractivity contribution in [2.24, 2.45) is 0 Å². The third kappa shape index (κ3) is 6.28. The second kappa shape index (κ2) is 8.98. The number of hydrogen-bond donors (Lipinski definition) is 1. The SMILES string of the molecule is CCCCCOc1c(Br)cc(CNC(C)C)cc1Br. The predicted molar refractivity (Wildman–Crippen MR) is 88.8 cm³/mol. The number of hydrogen-bond acceptors (Lipinski definition) is 2. The molecule has 0 unspecified atom stereocenters. The fourth-order valence-electron chi connectivity index (χ4n) is 1.70. The summed E-state index contributed by atoms with van der Waals surface area (Å²) in [7, 11) is 0. The van der Waals surface area contributed by atoms with Crippen LogP contribution in [0.1, 0.15) is 45.6 Å². The summed E-state index contributed by atoms with van der Waals surface area (Å²) in [4.78, 5) is 0. The lowest BCUT2D eigenvalue weighted by molar-refractivity contribution is 0.302. The molecule has 0 atom stereocenters. The largest absolute Gasteiger partial charge is 0.491 e. The monoisotopic (exact) mass is 391 g/mol. The van der Waals surface area contributed by atoms with Crippen molar-refractivity contribution in [2.75, 3.05) is 6.61 Å². The third-order valence-electron chi connectivity index (χ3n) is 2.77. The molecule has 0 saturated carbocycles. The first-order valence-electron chi connectivity index (χ1n) is 6.88. The van der Waals surface area contributed by atoms with Gasteiger partial charge in [0.2, 0.25) is 0 Å². The number of rotatable bonds is 8. The molecule has 0 saturated heterocycles. The summed E-state index contributed by atoms with van der Waals surface area (Å²) in [5.74, 6) is 0.907. The van der Waals surface area contributed by atoms with E-state index in [1.165, 1.54) is 18.4 Å². The first-order valence-corrected chi connectivity index (χ1v) is 8.47. The molecule has 1 aromatic carbocycles. The van der Waals surface area contributed by atoms with Crippen molar-refractivity contribution in [1.82, 2.24) is 5.32 Å². The molecule has 0 fully saturated rings. The van der Waals surface area contributed by atoms with Gasteiger partial charge in [-0.2, -0.15) is 0 Å². The summed E-state index contributed by atoms with van der Waals surface area (Å²) in [5, 5.41) is 3.41. The highest BCUT2D eigenvalue weighted by Crippen LogP contribution is 2.35. The number of ether oxygens (including phenoxy) is 1. The Labute approximate surface area is 133 Å².